The number of nitrogen functional groups attached to an aromatic ring is 1. The van der Waals surface area contributed by atoms with Crippen molar-refractivity contribution in [3.05, 3.63) is 22.2 Å². The van der Waals surface area contributed by atoms with Gasteiger partial charge in [0.1, 0.15) is 5.82 Å². The van der Waals surface area contributed by atoms with Crippen molar-refractivity contribution in [1.29, 1.82) is 0 Å². The Morgan fingerprint density at radius 1 is 1.56 bits per heavy atom. The number of pyridine rings is 1. The molecular weight excluding hydrogens is 234 g/mol. The Balaban J connectivity index is 3.27. The number of hydrogen-bond donors (Lipinski definition) is 2. The zero-order valence-corrected chi connectivity index (χ0v) is 10.9. The van der Waals surface area contributed by atoms with Crippen LogP contribution in [0.4, 0.5) is 17.3 Å². The third-order valence-corrected chi connectivity index (χ3v) is 2.56. The molecule has 100 valence electrons. The van der Waals surface area contributed by atoms with Gasteiger partial charge in [0.25, 0.3) is 0 Å². The van der Waals surface area contributed by atoms with Gasteiger partial charge in [0.15, 0.2) is 0 Å². The Hall–Kier alpha value is -1.89. The summed E-state index contributed by atoms with van der Waals surface area (Å²) in [5, 5.41) is 11.0. The highest BCUT2D eigenvalue weighted by Gasteiger charge is 2.23. The molecule has 0 amide bonds. The van der Waals surface area contributed by atoms with Crippen LogP contribution in [0.5, 0.6) is 0 Å². The van der Waals surface area contributed by atoms with E-state index in [9.17, 15) is 10.1 Å². The number of nitrogens with two attached hydrogens (primary N) is 1. The second-order valence-electron chi connectivity index (χ2n) is 4.23. The molecule has 3 N–H and O–H groups in total. The minimum atomic E-state index is -0.423. The quantitative estimate of drug-likeness (QED) is 0.456. The number of nitro groups is 1. The summed E-state index contributed by atoms with van der Waals surface area (Å²) in [6.45, 7) is 6.68. The van der Waals surface area contributed by atoms with Crippen LogP contribution in [0.1, 0.15) is 27.2 Å². The lowest BCUT2D eigenvalue weighted by Crippen LogP contribution is -2.33. The van der Waals surface area contributed by atoms with Crippen LogP contribution in [0.3, 0.4) is 0 Å². The summed E-state index contributed by atoms with van der Waals surface area (Å²) in [4.78, 5) is 16.7. The summed E-state index contributed by atoms with van der Waals surface area (Å²) < 4.78 is 0. The minimum absolute atomic E-state index is 0.00356. The maximum Gasteiger partial charge on any atom is 0.311 e. The minimum Gasteiger partial charge on any atom is -0.348 e. The predicted octanol–water partition coefficient (Wildman–Crippen LogP) is 1.90. The molecule has 0 saturated carbocycles. The first-order valence-corrected chi connectivity index (χ1v) is 5.90. The molecular formula is C11H19N5O2. The Kier molecular flexibility index (Phi) is 4.85. The first-order chi connectivity index (χ1) is 8.51. The van der Waals surface area contributed by atoms with E-state index >= 15 is 0 Å². The van der Waals surface area contributed by atoms with Gasteiger partial charge in [-0.2, -0.15) is 0 Å². The SMILES string of the molecule is CCCN(c1nc(NN)ccc1[N+](=O)[O-])C(C)C. The van der Waals surface area contributed by atoms with Crippen molar-refractivity contribution in [3.8, 4) is 0 Å². The first-order valence-electron chi connectivity index (χ1n) is 5.90. The van der Waals surface area contributed by atoms with Crippen LogP contribution >= 0.6 is 0 Å². The van der Waals surface area contributed by atoms with Crippen LogP contribution in [0.2, 0.25) is 0 Å². The van der Waals surface area contributed by atoms with Crippen LogP contribution in [0.25, 0.3) is 0 Å². The second kappa shape index (κ2) is 6.15. The molecule has 0 unspecified atom stereocenters. The molecule has 0 atom stereocenters. The number of hydrazine groups is 1. The van der Waals surface area contributed by atoms with Crippen molar-refractivity contribution in [1.82, 2.24) is 4.98 Å². The van der Waals surface area contributed by atoms with E-state index in [0.717, 1.165) is 6.42 Å². The molecule has 0 spiro atoms. The monoisotopic (exact) mass is 253 g/mol. The molecule has 1 aromatic heterocycles. The largest absolute Gasteiger partial charge is 0.348 e. The van der Waals surface area contributed by atoms with E-state index in [0.29, 0.717) is 18.2 Å². The predicted molar refractivity (Wildman–Crippen MR) is 71.5 cm³/mol. The number of rotatable bonds is 6. The van der Waals surface area contributed by atoms with Gasteiger partial charge in [0, 0.05) is 18.7 Å². The first kappa shape index (κ1) is 14.2. The zero-order valence-electron chi connectivity index (χ0n) is 10.9. The summed E-state index contributed by atoms with van der Waals surface area (Å²) in [6.07, 6.45) is 0.886. The summed E-state index contributed by atoms with van der Waals surface area (Å²) in [7, 11) is 0. The lowest BCUT2D eigenvalue weighted by molar-refractivity contribution is -0.384. The highest BCUT2D eigenvalue weighted by molar-refractivity contribution is 5.62. The Bertz CT molecular complexity index is 422. The fourth-order valence-corrected chi connectivity index (χ4v) is 1.72. The summed E-state index contributed by atoms with van der Waals surface area (Å²) in [6, 6.07) is 3.04. The van der Waals surface area contributed by atoms with Gasteiger partial charge in [0.05, 0.1) is 4.92 Å². The third-order valence-electron chi connectivity index (χ3n) is 2.56. The van der Waals surface area contributed by atoms with E-state index in [2.05, 4.69) is 10.4 Å². The Morgan fingerprint density at radius 3 is 2.67 bits per heavy atom. The Labute approximate surface area is 106 Å². The molecule has 1 heterocycles. The normalized spacial score (nSPS) is 10.5. The molecule has 7 nitrogen and oxygen atoms in total. The number of aromatic nitrogens is 1. The van der Waals surface area contributed by atoms with E-state index in [4.69, 9.17) is 5.84 Å². The molecule has 0 aromatic carbocycles. The highest BCUT2D eigenvalue weighted by atomic mass is 16.6. The zero-order chi connectivity index (χ0) is 13.7. The van der Waals surface area contributed by atoms with Crippen LogP contribution in [0, 0.1) is 10.1 Å². The van der Waals surface area contributed by atoms with Crippen LogP contribution in [0.15, 0.2) is 12.1 Å². The highest BCUT2D eigenvalue weighted by Crippen LogP contribution is 2.28. The average Bonchev–Trinajstić information content (AvgIpc) is 2.34. The summed E-state index contributed by atoms with van der Waals surface area (Å²) in [5.41, 5.74) is 2.41. The van der Waals surface area contributed by atoms with Gasteiger partial charge in [0.2, 0.25) is 5.82 Å². The molecule has 1 aromatic rings. The van der Waals surface area contributed by atoms with Gasteiger partial charge >= 0.3 is 5.69 Å². The smallest absolute Gasteiger partial charge is 0.311 e. The van der Waals surface area contributed by atoms with E-state index in [1.54, 1.807) is 0 Å². The van der Waals surface area contributed by atoms with Crippen molar-refractivity contribution >= 4 is 17.3 Å². The van der Waals surface area contributed by atoms with Crippen LogP contribution < -0.4 is 16.2 Å². The number of nitrogens with zero attached hydrogens (tertiary/aromatic N) is 3. The Morgan fingerprint density at radius 2 is 2.22 bits per heavy atom. The molecule has 1 rings (SSSR count). The molecule has 0 aliphatic rings. The van der Waals surface area contributed by atoms with Crippen molar-refractivity contribution in [3.63, 3.8) is 0 Å². The van der Waals surface area contributed by atoms with Gasteiger partial charge in [-0.25, -0.2) is 10.8 Å². The van der Waals surface area contributed by atoms with Gasteiger partial charge in [-0.05, 0) is 26.3 Å². The number of nitrogens with one attached hydrogen (secondary N) is 1. The van der Waals surface area contributed by atoms with E-state index in [1.807, 2.05) is 25.7 Å². The van der Waals surface area contributed by atoms with Gasteiger partial charge in [-0.1, -0.05) is 6.92 Å². The van der Waals surface area contributed by atoms with Gasteiger partial charge in [-0.15, -0.1) is 0 Å². The summed E-state index contributed by atoms with van der Waals surface area (Å²) in [5.74, 6) is 6.06. The maximum absolute atomic E-state index is 11.0. The average molecular weight is 253 g/mol. The molecule has 0 aliphatic heterocycles. The van der Waals surface area contributed by atoms with E-state index in [-0.39, 0.29) is 11.7 Å². The van der Waals surface area contributed by atoms with Crippen molar-refractivity contribution in [2.24, 2.45) is 5.84 Å². The van der Waals surface area contributed by atoms with Crippen LogP contribution in [-0.2, 0) is 0 Å². The van der Waals surface area contributed by atoms with Crippen LogP contribution in [-0.4, -0.2) is 22.5 Å². The third kappa shape index (κ3) is 3.07. The second-order valence-corrected chi connectivity index (χ2v) is 4.23. The van der Waals surface area contributed by atoms with E-state index in [1.165, 1.54) is 12.1 Å². The molecule has 0 fully saturated rings. The lowest BCUT2D eigenvalue weighted by Gasteiger charge is -2.27. The van der Waals surface area contributed by atoms with Crippen molar-refractivity contribution in [2.75, 3.05) is 16.9 Å². The molecule has 18 heavy (non-hydrogen) atoms. The molecule has 0 saturated heterocycles. The molecule has 0 aliphatic carbocycles. The van der Waals surface area contributed by atoms with Crippen molar-refractivity contribution < 1.29 is 4.92 Å². The fourth-order valence-electron chi connectivity index (χ4n) is 1.72. The van der Waals surface area contributed by atoms with Crippen molar-refractivity contribution in [2.45, 2.75) is 33.2 Å². The maximum atomic E-state index is 11.0. The fraction of sp³-hybridized carbons (Fsp3) is 0.545. The molecule has 0 bridgehead atoms. The molecule has 0 radical (unpaired) electrons. The topological polar surface area (TPSA) is 97.3 Å². The molecule has 7 heteroatoms. The van der Waals surface area contributed by atoms with Gasteiger partial charge in [-0.3, -0.25) is 10.1 Å². The van der Waals surface area contributed by atoms with E-state index < -0.39 is 4.92 Å². The standard InChI is InChI=1S/C11H19N5O2/c1-4-7-15(8(2)3)11-9(16(17)18)5-6-10(13-11)14-12/h5-6,8H,4,7,12H2,1-3H3,(H,13,14). The lowest BCUT2D eigenvalue weighted by atomic mass is 10.2. The summed E-state index contributed by atoms with van der Waals surface area (Å²) >= 11 is 0. The number of anilines is 2. The van der Waals surface area contributed by atoms with Gasteiger partial charge < -0.3 is 10.3 Å². The number of hydrogen-bond acceptors (Lipinski definition) is 6.